The van der Waals surface area contributed by atoms with Crippen molar-refractivity contribution in [2.24, 2.45) is 0 Å². The summed E-state index contributed by atoms with van der Waals surface area (Å²) in [5.74, 6) is -0.287. The topological polar surface area (TPSA) is 72.6 Å². The standard InChI is InChI=1S/C22H22N2O4/c1-15-19(23-20(27-15)18-12-8-5-9-13-18)22(26)28-16(2)21(25)24(3)14-17-10-6-4-7-11-17/h4-13,16H,14H2,1-3H3/t16-/m0/s1. The Morgan fingerprint density at radius 3 is 2.32 bits per heavy atom. The van der Waals surface area contributed by atoms with Gasteiger partial charge in [-0.15, -0.1) is 0 Å². The van der Waals surface area contributed by atoms with Gasteiger partial charge in [0, 0.05) is 19.2 Å². The third kappa shape index (κ3) is 4.46. The number of esters is 1. The predicted molar refractivity (Wildman–Crippen MR) is 104 cm³/mol. The highest BCUT2D eigenvalue weighted by molar-refractivity contribution is 5.91. The summed E-state index contributed by atoms with van der Waals surface area (Å²) in [4.78, 5) is 30.8. The molecule has 1 heterocycles. The highest BCUT2D eigenvalue weighted by Gasteiger charge is 2.26. The van der Waals surface area contributed by atoms with E-state index in [1.807, 2.05) is 60.7 Å². The third-order valence-corrected chi connectivity index (χ3v) is 4.28. The van der Waals surface area contributed by atoms with Gasteiger partial charge in [-0.05, 0) is 31.5 Å². The molecule has 0 fully saturated rings. The van der Waals surface area contributed by atoms with E-state index in [0.717, 1.165) is 11.1 Å². The van der Waals surface area contributed by atoms with E-state index in [0.29, 0.717) is 18.2 Å². The minimum atomic E-state index is -0.933. The number of aryl methyl sites for hydroxylation is 1. The molecule has 28 heavy (non-hydrogen) atoms. The van der Waals surface area contributed by atoms with Crippen LogP contribution in [0.1, 0.15) is 28.7 Å². The van der Waals surface area contributed by atoms with Crippen LogP contribution in [-0.2, 0) is 16.1 Å². The van der Waals surface area contributed by atoms with Crippen LogP contribution >= 0.6 is 0 Å². The summed E-state index contributed by atoms with van der Waals surface area (Å²) in [6, 6.07) is 18.9. The molecule has 2 aromatic carbocycles. The Balaban J connectivity index is 1.65. The molecule has 3 aromatic rings. The zero-order chi connectivity index (χ0) is 20.1. The molecular weight excluding hydrogens is 356 g/mol. The molecule has 0 aliphatic rings. The number of benzene rings is 2. The fourth-order valence-corrected chi connectivity index (χ4v) is 2.80. The average molecular weight is 378 g/mol. The predicted octanol–water partition coefficient (Wildman–Crippen LogP) is 3.85. The van der Waals surface area contributed by atoms with Crippen LogP contribution in [0, 0.1) is 6.92 Å². The van der Waals surface area contributed by atoms with Crippen LogP contribution in [-0.4, -0.2) is 34.9 Å². The molecule has 6 nitrogen and oxygen atoms in total. The number of carbonyl (C=O) groups is 2. The lowest BCUT2D eigenvalue weighted by Crippen LogP contribution is -2.37. The van der Waals surface area contributed by atoms with Crippen LogP contribution < -0.4 is 0 Å². The Kier molecular flexibility index (Phi) is 5.89. The summed E-state index contributed by atoms with van der Waals surface area (Å²) in [5, 5.41) is 0. The molecule has 1 atom stereocenters. The second-order valence-electron chi connectivity index (χ2n) is 6.52. The lowest BCUT2D eigenvalue weighted by molar-refractivity contribution is -0.139. The van der Waals surface area contributed by atoms with Crippen LogP contribution in [0.4, 0.5) is 0 Å². The normalized spacial score (nSPS) is 11.7. The largest absolute Gasteiger partial charge is 0.448 e. The number of rotatable bonds is 6. The first kappa shape index (κ1) is 19.4. The van der Waals surface area contributed by atoms with Gasteiger partial charge in [-0.2, -0.15) is 0 Å². The zero-order valence-electron chi connectivity index (χ0n) is 16.1. The van der Waals surface area contributed by atoms with Crippen LogP contribution in [0.3, 0.4) is 0 Å². The van der Waals surface area contributed by atoms with Crippen LogP contribution in [0.5, 0.6) is 0 Å². The Bertz CT molecular complexity index is 951. The third-order valence-electron chi connectivity index (χ3n) is 4.28. The van der Waals surface area contributed by atoms with E-state index < -0.39 is 12.1 Å². The number of hydrogen-bond acceptors (Lipinski definition) is 5. The minimum Gasteiger partial charge on any atom is -0.448 e. The summed E-state index contributed by atoms with van der Waals surface area (Å²) >= 11 is 0. The summed E-state index contributed by atoms with van der Waals surface area (Å²) in [6.07, 6.45) is -0.933. The van der Waals surface area contributed by atoms with Gasteiger partial charge in [0.2, 0.25) is 5.89 Å². The maximum atomic E-state index is 12.5. The van der Waals surface area contributed by atoms with E-state index in [2.05, 4.69) is 4.98 Å². The van der Waals surface area contributed by atoms with Crippen molar-refractivity contribution in [1.82, 2.24) is 9.88 Å². The highest BCUT2D eigenvalue weighted by Crippen LogP contribution is 2.22. The van der Waals surface area contributed by atoms with E-state index in [9.17, 15) is 9.59 Å². The van der Waals surface area contributed by atoms with E-state index >= 15 is 0 Å². The van der Waals surface area contributed by atoms with Crippen molar-refractivity contribution < 1.29 is 18.7 Å². The Labute approximate surface area is 163 Å². The van der Waals surface area contributed by atoms with Crippen molar-refractivity contribution in [2.45, 2.75) is 26.5 Å². The molecule has 0 saturated carbocycles. The number of hydrogen-bond donors (Lipinski definition) is 0. The number of ether oxygens (including phenoxy) is 1. The fraction of sp³-hybridized carbons (Fsp3) is 0.227. The van der Waals surface area contributed by atoms with Crippen molar-refractivity contribution in [3.8, 4) is 11.5 Å². The molecule has 0 unspecified atom stereocenters. The number of oxazole rings is 1. The maximum Gasteiger partial charge on any atom is 0.361 e. The molecule has 0 aliphatic carbocycles. The van der Waals surface area contributed by atoms with Crippen molar-refractivity contribution >= 4 is 11.9 Å². The van der Waals surface area contributed by atoms with Crippen molar-refractivity contribution in [3.63, 3.8) is 0 Å². The monoisotopic (exact) mass is 378 g/mol. The van der Waals surface area contributed by atoms with Gasteiger partial charge < -0.3 is 14.1 Å². The number of amides is 1. The second kappa shape index (κ2) is 8.52. The Morgan fingerprint density at radius 1 is 1.07 bits per heavy atom. The van der Waals surface area contributed by atoms with Gasteiger partial charge in [-0.1, -0.05) is 48.5 Å². The first-order valence-corrected chi connectivity index (χ1v) is 8.98. The van der Waals surface area contributed by atoms with Crippen molar-refractivity contribution in [3.05, 3.63) is 77.7 Å². The van der Waals surface area contributed by atoms with Gasteiger partial charge in [0.1, 0.15) is 5.76 Å². The van der Waals surface area contributed by atoms with E-state index in [4.69, 9.17) is 9.15 Å². The molecule has 0 saturated heterocycles. The number of nitrogens with zero attached hydrogens (tertiary/aromatic N) is 2. The molecule has 1 amide bonds. The lowest BCUT2D eigenvalue weighted by atomic mass is 10.2. The summed E-state index contributed by atoms with van der Waals surface area (Å²) in [7, 11) is 1.68. The lowest BCUT2D eigenvalue weighted by Gasteiger charge is -2.21. The molecule has 1 aromatic heterocycles. The van der Waals surface area contributed by atoms with Crippen LogP contribution in [0.15, 0.2) is 65.1 Å². The number of carbonyl (C=O) groups excluding carboxylic acids is 2. The number of aromatic nitrogens is 1. The first-order chi connectivity index (χ1) is 13.5. The summed E-state index contributed by atoms with van der Waals surface area (Å²) < 4.78 is 10.9. The van der Waals surface area contributed by atoms with Gasteiger partial charge in [0.15, 0.2) is 11.8 Å². The molecule has 144 valence electrons. The molecule has 0 spiro atoms. The Hall–Kier alpha value is -3.41. The van der Waals surface area contributed by atoms with E-state index in [-0.39, 0.29) is 11.6 Å². The van der Waals surface area contributed by atoms with Crippen LogP contribution in [0.25, 0.3) is 11.5 Å². The molecule has 0 aliphatic heterocycles. The first-order valence-electron chi connectivity index (χ1n) is 8.98. The molecular formula is C22H22N2O4. The smallest absolute Gasteiger partial charge is 0.361 e. The molecule has 0 N–H and O–H groups in total. The second-order valence-corrected chi connectivity index (χ2v) is 6.52. The summed E-state index contributed by atoms with van der Waals surface area (Å²) in [5.41, 5.74) is 1.83. The van der Waals surface area contributed by atoms with Gasteiger partial charge in [-0.3, -0.25) is 4.79 Å². The summed E-state index contributed by atoms with van der Waals surface area (Å²) in [6.45, 7) is 3.63. The molecule has 0 radical (unpaired) electrons. The van der Waals surface area contributed by atoms with Crippen molar-refractivity contribution in [2.75, 3.05) is 7.05 Å². The minimum absolute atomic E-state index is 0.0733. The van der Waals surface area contributed by atoms with Crippen molar-refractivity contribution in [1.29, 1.82) is 0 Å². The van der Waals surface area contributed by atoms with Gasteiger partial charge in [-0.25, -0.2) is 9.78 Å². The zero-order valence-corrected chi connectivity index (χ0v) is 16.1. The molecule has 3 rings (SSSR count). The van der Waals surface area contributed by atoms with Gasteiger partial charge in [0.05, 0.1) is 0 Å². The fourth-order valence-electron chi connectivity index (χ4n) is 2.80. The SMILES string of the molecule is Cc1oc(-c2ccccc2)nc1C(=O)O[C@@H](C)C(=O)N(C)Cc1ccccc1. The number of likely N-dealkylation sites (N-methyl/N-ethyl adjacent to an activating group) is 1. The Morgan fingerprint density at radius 2 is 1.68 bits per heavy atom. The average Bonchev–Trinajstić information content (AvgIpc) is 3.10. The maximum absolute atomic E-state index is 12.5. The highest BCUT2D eigenvalue weighted by atomic mass is 16.5. The quantitative estimate of drug-likeness (QED) is 0.609. The van der Waals surface area contributed by atoms with E-state index in [1.165, 1.54) is 4.90 Å². The van der Waals surface area contributed by atoms with Gasteiger partial charge in [0.25, 0.3) is 5.91 Å². The van der Waals surface area contributed by atoms with Crippen LogP contribution in [0.2, 0.25) is 0 Å². The van der Waals surface area contributed by atoms with E-state index in [1.54, 1.807) is 20.9 Å². The molecule has 0 bridgehead atoms. The van der Waals surface area contributed by atoms with Gasteiger partial charge >= 0.3 is 5.97 Å². The molecule has 6 heteroatoms.